The van der Waals surface area contributed by atoms with Crippen LogP contribution in [-0.4, -0.2) is 22.2 Å². The molecule has 0 bridgehead atoms. The maximum absolute atomic E-state index is 10.8. The number of hydrogen-bond acceptors (Lipinski definition) is 3. The molecule has 0 saturated carbocycles. The average molecular weight is 251 g/mol. The van der Waals surface area contributed by atoms with Crippen molar-refractivity contribution in [2.75, 3.05) is 0 Å². The third-order valence-electron chi connectivity index (χ3n) is 3.15. The van der Waals surface area contributed by atoms with Gasteiger partial charge in [-0.1, -0.05) is 32.9 Å². The molecule has 0 heterocycles. The minimum absolute atomic E-state index is 0.155. The normalized spacial score (nSPS) is 12.7. The lowest BCUT2D eigenvalue weighted by Gasteiger charge is -2.18. The molecule has 4 N–H and O–H groups in total. The molecule has 18 heavy (non-hydrogen) atoms. The smallest absolute Gasteiger partial charge is 0.320 e. The first-order valence-corrected chi connectivity index (χ1v) is 6.20. The van der Waals surface area contributed by atoms with Crippen LogP contribution in [-0.2, 0) is 17.6 Å². The Labute approximate surface area is 107 Å². The number of nitrogens with two attached hydrogens (primary N) is 1. The number of aliphatic carboxylic acids is 1. The summed E-state index contributed by atoms with van der Waals surface area (Å²) in [7, 11) is 0. The summed E-state index contributed by atoms with van der Waals surface area (Å²) in [6.07, 6.45) is 0.863. The molecule has 1 aromatic carbocycles. The predicted octanol–water partition coefficient (Wildman–Crippen LogP) is 2.03. The van der Waals surface area contributed by atoms with E-state index in [9.17, 15) is 9.90 Å². The molecular formula is C14H21NO3. The van der Waals surface area contributed by atoms with Crippen molar-refractivity contribution in [3.63, 3.8) is 0 Å². The van der Waals surface area contributed by atoms with Gasteiger partial charge in [0.1, 0.15) is 11.8 Å². The van der Waals surface area contributed by atoms with Crippen LogP contribution < -0.4 is 5.73 Å². The van der Waals surface area contributed by atoms with Gasteiger partial charge in [-0.2, -0.15) is 0 Å². The summed E-state index contributed by atoms with van der Waals surface area (Å²) in [5.41, 5.74) is 8.02. The molecule has 0 spiro atoms. The molecule has 0 aliphatic heterocycles. The second kappa shape index (κ2) is 5.87. The minimum Gasteiger partial charge on any atom is -0.507 e. The molecule has 0 aromatic heterocycles. The Morgan fingerprint density at radius 3 is 2.44 bits per heavy atom. The molecule has 0 saturated heterocycles. The molecule has 0 radical (unpaired) electrons. The van der Waals surface area contributed by atoms with E-state index in [1.54, 1.807) is 0 Å². The SMILES string of the molecule is CCc1ccc(C(C)C)c(CC(N)C(=O)O)c1O. The average Bonchev–Trinajstić information content (AvgIpc) is 2.30. The highest BCUT2D eigenvalue weighted by Crippen LogP contribution is 2.31. The van der Waals surface area contributed by atoms with Crippen molar-refractivity contribution in [1.82, 2.24) is 0 Å². The van der Waals surface area contributed by atoms with Crippen molar-refractivity contribution >= 4 is 5.97 Å². The zero-order valence-electron chi connectivity index (χ0n) is 11.1. The van der Waals surface area contributed by atoms with Crippen LogP contribution in [0.5, 0.6) is 5.75 Å². The molecule has 100 valence electrons. The third kappa shape index (κ3) is 3.01. The van der Waals surface area contributed by atoms with E-state index >= 15 is 0 Å². The molecule has 4 nitrogen and oxygen atoms in total. The summed E-state index contributed by atoms with van der Waals surface area (Å²) in [4.78, 5) is 10.8. The van der Waals surface area contributed by atoms with Crippen molar-refractivity contribution in [3.05, 3.63) is 28.8 Å². The second-order valence-corrected chi connectivity index (χ2v) is 4.80. The molecule has 1 aromatic rings. The Bertz CT molecular complexity index is 441. The molecule has 1 atom stereocenters. The second-order valence-electron chi connectivity index (χ2n) is 4.80. The lowest BCUT2D eigenvalue weighted by molar-refractivity contribution is -0.138. The van der Waals surface area contributed by atoms with Crippen LogP contribution in [0.15, 0.2) is 12.1 Å². The molecule has 0 amide bonds. The van der Waals surface area contributed by atoms with E-state index in [1.165, 1.54) is 0 Å². The maximum atomic E-state index is 10.8. The quantitative estimate of drug-likeness (QED) is 0.747. The third-order valence-corrected chi connectivity index (χ3v) is 3.15. The van der Waals surface area contributed by atoms with Crippen molar-refractivity contribution in [2.24, 2.45) is 5.73 Å². The highest BCUT2D eigenvalue weighted by atomic mass is 16.4. The number of carbonyl (C=O) groups is 1. The van der Waals surface area contributed by atoms with E-state index in [0.29, 0.717) is 12.0 Å². The maximum Gasteiger partial charge on any atom is 0.320 e. The van der Waals surface area contributed by atoms with Crippen molar-refractivity contribution in [1.29, 1.82) is 0 Å². The van der Waals surface area contributed by atoms with Gasteiger partial charge in [0.25, 0.3) is 0 Å². The van der Waals surface area contributed by atoms with Gasteiger partial charge in [-0.15, -0.1) is 0 Å². The van der Waals surface area contributed by atoms with Crippen molar-refractivity contribution < 1.29 is 15.0 Å². The lowest BCUT2D eigenvalue weighted by Crippen LogP contribution is -2.32. The van der Waals surface area contributed by atoms with E-state index in [1.807, 2.05) is 32.9 Å². The predicted molar refractivity (Wildman–Crippen MR) is 70.9 cm³/mol. The standard InChI is InChI=1S/C14H21NO3/c1-4-9-5-6-10(8(2)3)11(13(9)16)7-12(15)14(17)18/h5-6,8,12,16H,4,7,15H2,1-3H3,(H,17,18). The zero-order chi connectivity index (χ0) is 13.9. The summed E-state index contributed by atoms with van der Waals surface area (Å²) in [6.45, 7) is 5.97. The van der Waals surface area contributed by atoms with Crippen molar-refractivity contribution in [2.45, 2.75) is 45.6 Å². The van der Waals surface area contributed by atoms with Gasteiger partial charge in [-0.3, -0.25) is 4.79 Å². The van der Waals surface area contributed by atoms with E-state index in [4.69, 9.17) is 10.8 Å². The topological polar surface area (TPSA) is 83.6 Å². The van der Waals surface area contributed by atoms with E-state index in [0.717, 1.165) is 11.1 Å². The van der Waals surface area contributed by atoms with Gasteiger partial charge in [0, 0.05) is 6.42 Å². The highest BCUT2D eigenvalue weighted by molar-refractivity contribution is 5.74. The first-order valence-electron chi connectivity index (χ1n) is 6.20. The lowest BCUT2D eigenvalue weighted by atomic mass is 9.90. The summed E-state index contributed by atoms with van der Waals surface area (Å²) in [6, 6.07) is 2.86. The van der Waals surface area contributed by atoms with Gasteiger partial charge in [0.2, 0.25) is 0 Å². The molecule has 0 aliphatic rings. The first-order chi connectivity index (χ1) is 8.38. The molecule has 0 aliphatic carbocycles. The Hall–Kier alpha value is -1.55. The van der Waals surface area contributed by atoms with Gasteiger partial charge in [0.05, 0.1) is 0 Å². The van der Waals surface area contributed by atoms with E-state index < -0.39 is 12.0 Å². The largest absolute Gasteiger partial charge is 0.507 e. The minimum atomic E-state index is -1.05. The van der Waals surface area contributed by atoms with Crippen LogP contribution in [0.1, 0.15) is 43.4 Å². The molecule has 4 heteroatoms. The number of carboxylic acids is 1. The Morgan fingerprint density at radius 1 is 1.39 bits per heavy atom. The zero-order valence-corrected chi connectivity index (χ0v) is 11.1. The van der Waals surface area contributed by atoms with Crippen LogP contribution >= 0.6 is 0 Å². The molecule has 1 unspecified atom stereocenters. The number of phenolic OH excluding ortho intramolecular Hbond substituents is 1. The van der Waals surface area contributed by atoms with Gasteiger partial charge >= 0.3 is 5.97 Å². The summed E-state index contributed by atoms with van der Waals surface area (Å²) >= 11 is 0. The van der Waals surface area contributed by atoms with Gasteiger partial charge in [-0.25, -0.2) is 0 Å². The van der Waals surface area contributed by atoms with Crippen LogP contribution in [0.2, 0.25) is 0 Å². The van der Waals surface area contributed by atoms with Crippen LogP contribution in [0.4, 0.5) is 0 Å². The van der Waals surface area contributed by atoms with E-state index in [-0.39, 0.29) is 18.1 Å². The fourth-order valence-corrected chi connectivity index (χ4v) is 2.05. The number of aromatic hydroxyl groups is 1. The van der Waals surface area contributed by atoms with E-state index in [2.05, 4.69) is 0 Å². The Morgan fingerprint density at radius 2 is 2.00 bits per heavy atom. The number of benzene rings is 1. The summed E-state index contributed by atoms with van der Waals surface area (Å²) < 4.78 is 0. The fourth-order valence-electron chi connectivity index (χ4n) is 2.05. The summed E-state index contributed by atoms with van der Waals surface area (Å²) in [5.74, 6) is -0.635. The fraction of sp³-hybridized carbons (Fsp3) is 0.500. The van der Waals surface area contributed by atoms with Crippen LogP contribution in [0.3, 0.4) is 0 Å². The number of rotatable bonds is 5. The number of phenols is 1. The Balaban J connectivity index is 3.23. The molecule has 1 rings (SSSR count). The monoisotopic (exact) mass is 251 g/mol. The van der Waals surface area contributed by atoms with Gasteiger partial charge in [0.15, 0.2) is 0 Å². The highest BCUT2D eigenvalue weighted by Gasteiger charge is 2.20. The number of aryl methyl sites for hydroxylation is 1. The molecule has 0 fully saturated rings. The van der Waals surface area contributed by atoms with Crippen LogP contribution in [0, 0.1) is 0 Å². The first kappa shape index (κ1) is 14.5. The van der Waals surface area contributed by atoms with Gasteiger partial charge in [-0.05, 0) is 29.0 Å². The number of carboxylic acid groups (broad SMARTS) is 1. The number of hydrogen-bond donors (Lipinski definition) is 3. The Kier molecular flexibility index (Phi) is 4.73. The summed E-state index contributed by atoms with van der Waals surface area (Å²) in [5, 5.41) is 19.1. The van der Waals surface area contributed by atoms with Crippen LogP contribution in [0.25, 0.3) is 0 Å². The van der Waals surface area contributed by atoms with Crippen molar-refractivity contribution in [3.8, 4) is 5.75 Å². The molecular weight excluding hydrogens is 230 g/mol. The van der Waals surface area contributed by atoms with Gasteiger partial charge < -0.3 is 15.9 Å².